The highest BCUT2D eigenvalue weighted by Gasteiger charge is 2.22. The highest BCUT2D eigenvalue weighted by atomic mass is 16.5. The van der Waals surface area contributed by atoms with Crippen molar-refractivity contribution in [1.29, 1.82) is 0 Å². The zero-order valence-electron chi connectivity index (χ0n) is 13.5. The molecule has 1 aliphatic rings. The van der Waals surface area contributed by atoms with E-state index in [0.29, 0.717) is 23.9 Å². The third-order valence-corrected chi connectivity index (χ3v) is 4.45. The van der Waals surface area contributed by atoms with Gasteiger partial charge >= 0.3 is 0 Å². The van der Waals surface area contributed by atoms with E-state index in [0.717, 1.165) is 12.0 Å². The minimum absolute atomic E-state index is 0.178. The molecule has 4 rings (SSSR count). The third kappa shape index (κ3) is 2.92. The summed E-state index contributed by atoms with van der Waals surface area (Å²) in [4.78, 5) is 24.4. The highest BCUT2D eigenvalue weighted by molar-refractivity contribution is 6.04. The molecule has 25 heavy (non-hydrogen) atoms. The van der Waals surface area contributed by atoms with Crippen molar-refractivity contribution >= 4 is 16.7 Å². The average molecular weight is 335 g/mol. The molecule has 2 N–H and O–H groups in total. The molecule has 0 saturated heterocycles. The standard InChI is InChI=1S/C19H17N3O3/c23-18-15-8-4-3-7-14(15)17(21-22-18)19(24)20-11-16-13-6-2-1-5-12(13)9-10-25-16/h1-8,16H,9-11H2,(H,20,24)(H,22,23)/t16-/m0/s1. The topological polar surface area (TPSA) is 84.1 Å². The van der Waals surface area contributed by atoms with E-state index in [2.05, 4.69) is 21.6 Å². The first kappa shape index (κ1) is 15.5. The Hall–Kier alpha value is -2.99. The lowest BCUT2D eigenvalue weighted by Crippen LogP contribution is -2.33. The first-order chi connectivity index (χ1) is 12.2. The quantitative estimate of drug-likeness (QED) is 0.766. The van der Waals surface area contributed by atoms with Crippen molar-refractivity contribution in [3.63, 3.8) is 0 Å². The minimum Gasteiger partial charge on any atom is -0.371 e. The summed E-state index contributed by atoms with van der Waals surface area (Å²) in [5.41, 5.74) is 2.25. The maximum absolute atomic E-state index is 12.6. The summed E-state index contributed by atoms with van der Waals surface area (Å²) >= 11 is 0. The fourth-order valence-electron chi connectivity index (χ4n) is 3.20. The normalized spacial score (nSPS) is 16.4. The number of nitrogens with zero attached hydrogens (tertiary/aromatic N) is 1. The van der Waals surface area contributed by atoms with Crippen LogP contribution in [-0.2, 0) is 11.2 Å². The number of fused-ring (bicyclic) bond motifs is 2. The van der Waals surface area contributed by atoms with Gasteiger partial charge in [0.2, 0.25) is 0 Å². The van der Waals surface area contributed by atoms with Gasteiger partial charge in [-0.1, -0.05) is 42.5 Å². The number of nitrogens with one attached hydrogen (secondary N) is 2. The van der Waals surface area contributed by atoms with E-state index in [1.807, 2.05) is 18.2 Å². The summed E-state index contributed by atoms with van der Waals surface area (Å²) in [6.07, 6.45) is 0.704. The molecule has 1 atom stereocenters. The van der Waals surface area contributed by atoms with E-state index < -0.39 is 0 Å². The number of carbonyl (C=O) groups excluding carboxylic acids is 1. The Kier molecular flexibility index (Phi) is 4.03. The van der Waals surface area contributed by atoms with Crippen LogP contribution in [0.2, 0.25) is 0 Å². The molecule has 1 amide bonds. The smallest absolute Gasteiger partial charge is 0.272 e. The van der Waals surface area contributed by atoms with Crippen molar-refractivity contribution in [1.82, 2.24) is 15.5 Å². The van der Waals surface area contributed by atoms with Crippen LogP contribution >= 0.6 is 0 Å². The monoisotopic (exact) mass is 335 g/mol. The van der Waals surface area contributed by atoms with Gasteiger partial charge in [0, 0.05) is 11.9 Å². The summed E-state index contributed by atoms with van der Waals surface area (Å²) in [6.45, 7) is 0.988. The van der Waals surface area contributed by atoms with Gasteiger partial charge in [0.25, 0.3) is 11.5 Å². The summed E-state index contributed by atoms with van der Waals surface area (Å²) < 4.78 is 5.80. The average Bonchev–Trinajstić information content (AvgIpc) is 2.66. The summed E-state index contributed by atoms with van der Waals surface area (Å²) in [5, 5.41) is 10.2. The van der Waals surface area contributed by atoms with Crippen molar-refractivity contribution in [3.05, 3.63) is 75.7 Å². The molecule has 0 aliphatic carbocycles. The molecular formula is C19H17N3O3. The Morgan fingerprint density at radius 2 is 1.92 bits per heavy atom. The molecule has 0 spiro atoms. The molecule has 1 aliphatic heterocycles. The van der Waals surface area contributed by atoms with Crippen molar-refractivity contribution in [3.8, 4) is 0 Å². The lowest BCUT2D eigenvalue weighted by Gasteiger charge is -2.26. The van der Waals surface area contributed by atoms with Crippen molar-refractivity contribution < 1.29 is 9.53 Å². The fourth-order valence-corrected chi connectivity index (χ4v) is 3.20. The van der Waals surface area contributed by atoms with Crippen LogP contribution in [-0.4, -0.2) is 29.3 Å². The number of aromatic nitrogens is 2. The van der Waals surface area contributed by atoms with Gasteiger partial charge in [-0.05, 0) is 23.6 Å². The molecule has 0 fully saturated rings. The van der Waals surface area contributed by atoms with E-state index in [1.54, 1.807) is 24.3 Å². The number of rotatable bonds is 3. The Labute approximate surface area is 143 Å². The van der Waals surface area contributed by atoms with Crippen LogP contribution in [0.4, 0.5) is 0 Å². The maximum atomic E-state index is 12.6. The van der Waals surface area contributed by atoms with Gasteiger partial charge in [-0.2, -0.15) is 5.10 Å². The first-order valence-corrected chi connectivity index (χ1v) is 8.19. The molecule has 0 bridgehead atoms. The largest absolute Gasteiger partial charge is 0.371 e. The van der Waals surface area contributed by atoms with Gasteiger partial charge < -0.3 is 10.1 Å². The van der Waals surface area contributed by atoms with Gasteiger partial charge in [-0.15, -0.1) is 0 Å². The van der Waals surface area contributed by atoms with Gasteiger partial charge in [0.05, 0.1) is 12.0 Å². The molecule has 6 nitrogen and oxygen atoms in total. The molecule has 2 aromatic carbocycles. The van der Waals surface area contributed by atoms with Crippen molar-refractivity contribution in [2.24, 2.45) is 0 Å². The van der Waals surface area contributed by atoms with Gasteiger partial charge in [-0.3, -0.25) is 9.59 Å². The predicted octanol–water partition coefficient (Wildman–Crippen LogP) is 1.97. The minimum atomic E-state index is -0.334. The molecule has 0 radical (unpaired) electrons. The van der Waals surface area contributed by atoms with Crippen LogP contribution in [0.3, 0.4) is 0 Å². The molecule has 2 heterocycles. The lowest BCUT2D eigenvalue weighted by atomic mass is 9.97. The fraction of sp³-hybridized carbons (Fsp3) is 0.211. The number of amides is 1. The number of hydrogen-bond donors (Lipinski definition) is 2. The molecule has 1 aromatic heterocycles. The Bertz CT molecular complexity index is 996. The third-order valence-electron chi connectivity index (χ3n) is 4.45. The number of benzene rings is 2. The molecule has 6 heteroatoms. The molecule has 3 aromatic rings. The molecule has 0 unspecified atom stereocenters. The second kappa shape index (κ2) is 6.49. The van der Waals surface area contributed by atoms with E-state index in [4.69, 9.17) is 4.74 Å². The number of ether oxygens (including phenoxy) is 1. The number of aromatic amines is 1. The summed E-state index contributed by atoms with van der Waals surface area (Å²) in [5.74, 6) is -0.334. The molecular weight excluding hydrogens is 318 g/mol. The van der Waals surface area contributed by atoms with Crippen LogP contribution in [0.5, 0.6) is 0 Å². The molecule has 0 saturated carbocycles. The van der Waals surface area contributed by atoms with Gasteiger partial charge in [0.1, 0.15) is 6.10 Å². The zero-order valence-corrected chi connectivity index (χ0v) is 13.5. The van der Waals surface area contributed by atoms with Gasteiger partial charge in [-0.25, -0.2) is 5.10 Å². The van der Waals surface area contributed by atoms with Crippen LogP contribution in [0.1, 0.15) is 27.7 Å². The number of carbonyl (C=O) groups is 1. The van der Waals surface area contributed by atoms with Gasteiger partial charge in [0.15, 0.2) is 5.69 Å². The number of hydrogen-bond acceptors (Lipinski definition) is 4. The van der Waals surface area contributed by atoms with Crippen LogP contribution in [0.15, 0.2) is 53.3 Å². The highest BCUT2D eigenvalue weighted by Crippen LogP contribution is 2.26. The van der Waals surface area contributed by atoms with Crippen LogP contribution in [0.25, 0.3) is 10.8 Å². The summed E-state index contributed by atoms with van der Waals surface area (Å²) in [7, 11) is 0. The second-order valence-corrected chi connectivity index (χ2v) is 5.97. The first-order valence-electron chi connectivity index (χ1n) is 8.19. The van der Waals surface area contributed by atoms with Crippen LogP contribution < -0.4 is 10.9 Å². The SMILES string of the molecule is O=C(NC[C@@H]1OCCc2ccccc21)c1n[nH]c(=O)c2ccccc12. The van der Waals surface area contributed by atoms with Crippen LogP contribution in [0, 0.1) is 0 Å². The Balaban J connectivity index is 1.56. The van der Waals surface area contributed by atoms with Crippen molar-refractivity contribution in [2.45, 2.75) is 12.5 Å². The lowest BCUT2D eigenvalue weighted by molar-refractivity contribution is 0.0411. The van der Waals surface area contributed by atoms with E-state index in [-0.39, 0.29) is 23.3 Å². The molecule has 126 valence electrons. The van der Waals surface area contributed by atoms with E-state index in [1.165, 1.54) is 5.56 Å². The Morgan fingerprint density at radius 1 is 1.16 bits per heavy atom. The maximum Gasteiger partial charge on any atom is 0.272 e. The van der Waals surface area contributed by atoms with E-state index in [9.17, 15) is 9.59 Å². The van der Waals surface area contributed by atoms with Crippen molar-refractivity contribution in [2.75, 3.05) is 13.2 Å². The zero-order chi connectivity index (χ0) is 17.2. The second-order valence-electron chi connectivity index (χ2n) is 5.97. The number of H-pyrrole nitrogens is 1. The predicted molar refractivity (Wildman–Crippen MR) is 93.5 cm³/mol. The Morgan fingerprint density at radius 3 is 2.80 bits per heavy atom. The summed E-state index contributed by atoms with van der Waals surface area (Å²) in [6, 6.07) is 15.0. The van der Waals surface area contributed by atoms with E-state index >= 15 is 0 Å².